The molecular formula is C18H27N. The number of allylic oxidation sites excluding steroid dienone is 7. The second-order valence-electron chi connectivity index (χ2n) is 5.23. The molecule has 0 saturated carbocycles. The molecule has 0 fully saturated rings. The van der Waals surface area contributed by atoms with Crippen LogP contribution in [0.1, 0.15) is 39.5 Å². The molecule has 0 radical (unpaired) electrons. The maximum atomic E-state index is 4.21. The van der Waals surface area contributed by atoms with E-state index in [2.05, 4.69) is 50.6 Å². The minimum absolute atomic E-state index is 0.617. The first-order valence-electron chi connectivity index (χ1n) is 7.19. The largest absolute Gasteiger partial charge is 0.394 e. The van der Waals surface area contributed by atoms with Crippen LogP contribution in [0.2, 0.25) is 0 Å². The van der Waals surface area contributed by atoms with Gasteiger partial charge in [0.2, 0.25) is 0 Å². The first-order chi connectivity index (χ1) is 9.10. The summed E-state index contributed by atoms with van der Waals surface area (Å²) in [7, 11) is 1.93. The molecule has 0 bridgehead atoms. The van der Waals surface area contributed by atoms with Gasteiger partial charge in [0.15, 0.2) is 0 Å². The Morgan fingerprint density at radius 3 is 2.79 bits per heavy atom. The fourth-order valence-corrected chi connectivity index (χ4v) is 2.34. The van der Waals surface area contributed by atoms with Gasteiger partial charge >= 0.3 is 0 Å². The van der Waals surface area contributed by atoms with Crippen molar-refractivity contribution >= 4 is 0 Å². The van der Waals surface area contributed by atoms with Gasteiger partial charge in [0, 0.05) is 7.05 Å². The number of hydrogen-bond acceptors (Lipinski definition) is 1. The molecule has 0 heterocycles. The van der Waals surface area contributed by atoms with Crippen molar-refractivity contribution in [3.63, 3.8) is 0 Å². The molecule has 1 aliphatic carbocycles. The van der Waals surface area contributed by atoms with Gasteiger partial charge in [-0.15, -0.1) is 0 Å². The van der Waals surface area contributed by atoms with Crippen molar-refractivity contribution in [3.05, 3.63) is 59.9 Å². The third-order valence-electron chi connectivity index (χ3n) is 3.75. The summed E-state index contributed by atoms with van der Waals surface area (Å²) in [5.74, 6) is 0.617. The van der Waals surface area contributed by atoms with Crippen LogP contribution < -0.4 is 5.32 Å². The minimum atomic E-state index is 0.617. The summed E-state index contributed by atoms with van der Waals surface area (Å²) in [6.45, 7) is 12.8. The van der Waals surface area contributed by atoms with Gasteiger partial charge in [-0.3, -0.25) is 0 Å². The lowest BCUT2D eigenvalue weighted by molar-refractivity contribution is 0.605. The van der Waals surface area contributed by atoms with Crippen LogP contribution in [0.3, 0.4) is 0 Å². The third-order valence-corrected chi connectivity index (χ3v) is 3.75. The van der Waals surface area contributed by atoms with Crippen LogP contribution in [0.5, 0.6) is 0 Å². The summed E-state index contributed by atoms with van der Waals surface area (Å²) in [5.41, 5.74) is 5.18. The summed E-state index contributed by atoms with van der Waals surface area (Å²) in [5, 5.41) is 3.02. The summed E-state index contributed by atoms with van der Waals surface area (Å²) >= 11 is 0. The Hall–Kier alpha value is -1.50. The topological polar surface area (TPSA) is 12.0 Å². The molecule has 1 nitrogen and oxygen atoms in total. The van der Waals surface area contributed by atoms with Gasteiger partial charge in [-0.25, -0.2) is 0 Å². The lowest BCUT2D eigenvalue weighted by atomic mass is 9.83. The Morgan fingerprint density at radius 1 is 1.47 bits per heavy atom. The zero-order valence-corrected chi connectivity index (χ0v) is 12.6. The van der Waals surface area contributed by atoms with E-state index < -0.39 is 0 Å². The van der Waals surface area contributed by atoms with E-state index in [1.165, 1.54) is 28.7 Å². The second kappa shape index (κ2) is 7.83. The predicted molar refractivity (Wildman–Crippen MR) is 86.0 cm³/mol. The summed E-state index contributed by atoms with van der Waals surface area (Å²) in [4.78, 5) is 0. The van der Waals surface area contributed by atoms with Gasteiger partial charge in [0.25, 0.3) is 0 Å². The molecule has 1 unspecified atom stereocenters. The van der Waals surface area contributed by atoms with Gasteiger partial charge in [-0.1, -0.05) is 50.8 Å². The van der Waals surface area contributed by atoms with Crippen molar-refractivity contribution in [1.82, 2.24) is 5.32 Å². The van der Waals surface area contributed by atoms with Crippen molar-refractivity contribution < 1.29 is 0 Å². The van der Waals surface area contributed by atoms with E-state index in [0.717, 1.165) is 19.3 Å². The van der Waals surface area contributed by atoms with Crippen molar-refractivity contribution in [2.24, 2.45) is 5.92 Å². The molecule has 0 aliphatic heterocycles. The first kappa shape index (κ1) is 15.6. The Labute approximate surface area is 118 Å². The van der Waals surface area contributed by atoms with E-state index in [1.54, 1.807) is 0 Å². The first-order valence-corrected chi connectivity index (χ1v) is 7.19. The highest BCUT2D eigenvalue weighted by atomic mass is 14.8. The molecule has 0 amide bonds. The highest BCUT2D eigenvalue weighted by Crippen LogP contribution is 2.33. The molecule has 0 saturated heterocycles. The molecule has 0 spiro atoms. The van der Waals surface area contributed by atoms with Crippen LogP contribution in [-0.2, 0) is 0 Å². The molecular weight excluding hydrogens is 230 g/mol. The van der Waals surface area contributed by atoms with E-state index in [-0.39, 0.29) is 0 Å². The third kappa shape index (κ3) is 4.59. The molecule has 0 aromatic carbocycles. The molecule has 1 heteroatoms. The van der Waals surface area contributed by atoms with Crippen molar-refractivity contribution in [2.45, 2.75) is 39.5 Å². The summed E-state index contributed by atoms with van der Waals surface area (Å²) in [6.07, 6.45) is 13.0. The predicted octanol–water partition coefficient (Wildman–Crippen LogP) is 4.91. The molecule has 0 aromatic heterocycles. The zero-order valence-electron chi connectivity index (χ0n) is 12.6. The lowest BCUT2D eigenvalue weighted by Crippen LogP contribution is -2.06. The van der Waals surface area contributed by atoms with Crippen LogP contribution in [-0.4, -0.2) is 7.05 Å². The maximum absolute atomic E-state index is 4.21. The second-order valence-corrected chi connectivity index (χ2v) is 5.23. The van der Waals surface area contributed by atoms with Crippen LogP contribution in [0.15, 0.2) is 59.9 Å². The van der Waals surface area contributed by atoms with Gasteiger partial charge in [-0.05, 0) is 54.5 Å². The van der Waals surface area contributed by atoms with E-state index in [0.29, 0.717) is 5.92 Å². The molecule has 1 aliphatic rings. The van der Waals surface area contributed by atoms with Crippen molar-refractivity contribution in [1.29, 1.82) is 0 Å². The Bertz CT molecular complexity index is 421. The van der Waals surface area contributed by atoms with E-state index >= 15 is 0 Å². The van der Waals surface area contributed by atoms with Crippen LogP contribution in [0.4, 0.5) is 0 Å². The smallest absolute Gasteiger partial charge is 0.00276 e. The van der Waals surface area contributed by atoms with Gasteiger partial charge in [0.1, 0.15) is 0 Å². The van der Waals surface area contributed by atoms with Gasteiger partial charge in [-0.2, -0.15) is 0 Å². The molecule has 0 aromatic rings. The minimum Gasteiger partial charge on any atom is -0.394 e. The standard InChI is InChI=1S/C18H27N/c1-6-14(2)18-11-10-17(13-16(18)4)15(3)9-7-8-12-19-5/h8,10-12,15,19H,2,4,6-7,9,13H2,1,3,5H3/b12-8+. The Kier molecular flexibility index (Phi) is 6.41. The molecule has 104 valence electrons. The van der Waals surface area contributed by atoms with Crippen LogP contribution in [0, 0.1) is 5.92 Å². The number of hydrogen-bond donors (Lipinski definition) is 1. The SMILES string of the molecule is C=C(CC)C1=CC=C(C(C)CC/C=C/NC)CC1=C. The van der Waals surface area contributed by atoms with Gasteiger partial charge < -0.3 is 5.32 Å². The molecule has 19 heavy (non-hydrogen) atoms. The number of nitrogens with one attached hydrogen (secondary N) is 1. The fraction of sp³-hybridized carbons (Fsp3) is 0.444. The average Bonchev–Trinajstić information content (AvgIpc) is 2.42. The van der Waals surface area contributed by atoms with Crippen molar-refractivity contribution in [3.8, 4) is 0 Å². The maximum Gasteiger partial charge on any atom is 0.00276 e. The molecule has 1 atom stereocenters. The van der Waals surface area contributed by atoms with Gasteiger partial charge in [0.05, 0.1) is 0 Å². The Balaban J connectivity index is 2.63. The average molecular weight is 257 g/mol. The highest BCUT2D eigenvalue weighted by Gasteiger charge is 2.16. The molecule has 1 N–H and O–H groups in total. The number of rotatable bonds is 7. The summed E-state index contributed by atoms with van der Waals surface area (Å²) < 4.78 is 0. The van der Waals surface area contributed by atoms with Crippen LogP contribution in [0.25, 0.3) is 0 Å². The molecule has 1 rings (SSSR count). The van der Waals surface area contributed by atoms with E-state index in [9.17, 15) is 0 Å². The van der Waals surface area contributed by atoms with E-state index in [4.69, 9.17) is 0 Å². The quantitative estimate of drug-likeness (QED) is 0.683. The normalized spacial score (nSPS) is 17.1. The van der Waals surface area contributed by atoms with E-state index in [1.807, 2.05) is 13.2 Å². The van der Waals surface area contributed by atoms with Crippen LogP contribution >= 0.6 is 0 Å². The highest BCUT2D eigenvalue weighted by molar-refractivity contribution is 5.51. The zero-order chi connectivity index (χ0) is 14.3. The monoisotopic (exact) mass is 257 g/mol. The Morgan fingerprint density at radius 2 is 2.21 bits per heavy atom. The fourth-order valence-electron chi connectivity index (χ4n) is 2.34. The van der Waals surface area contributed by atoms with Crippen molar-refractivity contribution in [2.75, 3.05) is 7.05 Å². The summed E-state index contributed by atoms with van der Waals surface area (Å²) in [6, 6.07) is 0. The lowest BCUT2D eigenvalue weighted by Gasteiger charge is -2.22.